The minimum Gasteiger partial charge on any atom is -0.451 e. The van der Waals surface area contributed by atoms with Crippen molar-refractivity contribution in [3.63, 3.8) is 0 Å². The van der Waals surface area contributed by atoms with Gasteiger partial charge in [0.15, 0.2) is 11.3 Å². The third-order valence-corrected chi connectivity index (χ3v) is 10.9. The highest BCUT2D eigenvalue weighted by Gasteiger charge is 2.93. The van der Waals surface area contributed by atoms with E-state index in [1.807, 2.05) is 18.2 Å². The minimum atomic E-state index is -0.824. The molecule has 5 heteroatoms. The van der Waals surface area contributed by atoms with Crippen LogP contribution in [0, 0.1) is 17.3 Å². The van der Waals surface area contributed by atoms with Gasteiger partial charge in [0.1, 0.15) is 5.60 Å². The minimum absolute atomic E-state index is 0.0885. The third kappa shape index (κ3) is 2.43. The van der Waals surface area contributed by atoms with Crippen LogP contribution in [-0.2, 0) is 19.1 Å². The van der Waals surface area contributed by atoms with Crippen molar-refractivity contribution in [3.05, 3.63) is 59.2 Å². The molecule has 3 aliphatic heterocycles. The van der Waals surface area contributed by atoms with E-state index in [-0.39, 0.29) is 29.8 Å². The van der Waals surface area contributed by atoms with Crippen LogP contribution in [0.4, 0.5) is 0 Å². The molecule has 7 atom stereocenters. The van der Waals surface area contributed by atoms with Crippen molar-refractivity contribution < 1.29 is 19.1 Å². The first-order chi connectivity index (χ1) is 17.9. The summed E-state index contributed by atoms with van der Waals surface area (Å²) in [4.78, 5) is 30.4. The molecule has 1 unspecified atom stereocenters. The lowest BCUT2D eigenvalue weighted by molar-refractivity contribution is -0.206. The fraction of sp³-hybridized carbons (Fsp3) is 0.625. The maximum absolute atomic E-state index is 14.6. The van der Waals surface area contributed by atoms with Crippen molar-refractivity contribution in [1.29, 1.82) is 0 Å². The van der Waals surface area contributed by atoms with Crippen LogP contribution in [0.25, 0.3) is 0 Å². The van der Waals surface area contributed by atoms with Crippen LogP contribution in [-0.4, -0.2) is 33.7 Å². The first-order valence-corrected chi connectivity index (χ1v) is 14.7. The molecular weight excluding hydrogens is 462 g/mol. The van der Waals surface area contributed by atoms with E-state index < -0.39 is 22.3 Å². The van der Waals surface area contributed by atoms with Gasteiger partial charge in [-0.15, -0.1) is 0 Å². The fourth-order valence-corrected chi connectivity index (χ4v) is 9.85. The Labute approximate surface area is 220 Å². The highest BCUT2D eigenvalue weighted by molar-refractivity contribution is 6.03. The van der Waals surface area contributed by atoms with Gasteiger partial charge >= 0.3 is 5.97 Å². The normalized spacial score (nSPS) is 41.6. The molecule has 3 spiro atoms. The summed E-state index contributed by atoms with van der Waals surface area (Å²) < 4.78 is 14.5. The molecule has 1 amide bonds. The number of nitrogens with zero attached hydrogens (tertiary/aromatic N) is 1. The van der Waals surface area contributed by atoms with Crippen LogP contribution in [0.2, 0.25) is 0 Å². The van der Waals surface area contributed by atoms with Gasteiger partial charge in [-0.3, -0.25) is 4.79 Å². The van der Waals surface area contributed by atoms with Crippen LogP contribution in [0.15, 0.2) is 53.6 Å². The SMILES string of the molecule is CCCC[C@]12O[C@@]34CCCC=C3C(=O)O[C@]43[C@@H](CCC)[C@@H]4C=C(C(=O)N1[C@H](C)c1ccccc1)C23CC4. The number of hydrogen-bond acceptors (Lipinski definition) is 4. The number of allylic oxidation sites excluding steroid dienone is 2. The van der Waals surface area contributed by atoms with E-state index in [9.17, 15) is 9.59 Å². The van der Waals surface area contributed by atoms with E-state index in [2.05, 4.69) is 50.0 Å². The number of amides is 1. The molecule has 8 rings (SSSR count). The number of fused-ring (bicyclic) bond motifs is 1. The zero-order valence-corrected chi connectivity index (χ0v) is 22.4. The van der Waals surface area contributed by atoms with E-state index in [0.717, 1.165) is 80.9 Å². The second kappa shape index (κ2) is 7.81. The lowest BCUT2D eigenvalue weighted by atomic mass is 9.42. The summed E-state index contributed by atoms with van der Waals surface area (Å²) in [7, 11) is 0. The smallest absolute Gasteiger partial charge is 0.337 e. The predicted octanol–water partition coefficient (Wildman–Crippen LogP) is 6.40. The Morgan fingerprint density at radius 3 is 2.65 bits per heavy atom. The van der Waals surface area contributed by atoms with Gasteiger partial charge < -0.3 is 14.4 Å². The maximum atomic E-state index is 14.6. The number of hydrogen-bond donors (Lipinski definition) is 0. The number of likely N-dealkylation sites (tertiary alicyclic amines) is 1. The quantitative estimate of drug-likeness (QED) is 0.406. The molecule has 1 aromatic rings. The van der Waals surface area contributed by atoms with Crippen molar-refractivity contribution in [2.24, 2.45) is 17.3 Å². The molecule has 3 heterocycles. The molecular formula is C32H39NO4. The van der Waals surface area contributed by atoms with E-state index in [4.69, 9.17) is 9.47 Å². The molecule has 0 N–H and O–H groups in total. The number of ether oxygens (including phenoxy) is 2. The Kier molecular flexibility index (Phi) is 5.00. The summed E-state index contributed by atoms with van der Waals surface area (Å²) >= 11 is 0. The molecule has 1 aromatic carbocycles. The second-order valence-electron chi connectivity index (χ2n) is 12.3. The van der Waals surface area contributed by atoms with Gasteiger partial charge in [0.2, 0.25) is 0 Å². The molecule has 4 aliphatic carbocycles. The molecule has 2 bridgehead atoms. The highest BCUT2D eigenvalue weighted by Crippen LogP contribution is 2.82. The van der Waals surface area contributed by atoms with Gasteiger partial charge in [-0.2, -0.15) is 0 Å². The molecule has 0 radical (unpaired) electrons. The average molecular weight is 502 g/mol. The van der Waals surface area contributed by atoms with Crippen molar-refractivity contribution in [3.8, 4) is 0 Å². The Morgan fingerprint density at radius 2 is 1.89 bits per heavy atom. The topological polar surface area (TPSA) is 55.8 Å². The van der Waals surface area contributed by atoms with Gasteiger partial charge in [-0.1, -0.05) is 69.2 Å². The van der Waals surface area contributed by atoms with Crippen LogP contribution in [0.3, 0.4) is 0 Å². The second-order valence-corrected chi connectivity index (χ2v) is 12.3. The largest absolute Gasteiger partial charge is 0.451 e. The monoisotopic (exact) mass is 501 g/mol. The average Bonchev–Trinajstić information content (AvgIpc) is 3.38. The third-order valence-electron chi connectivity index (χ3n) is 10.9. The molecule has 0 aromatic heterocycles. The van der Waals surface area contributed by atoms with Crippen molar-refractivity contribution >= 4 is 11.9 Å². The Morgan fingerprint density at radius 1 is 1.08 bits per heavy atom. The number of esters is 1. The lowest BCUT2D eigenvalue weighted by Gasteiger charge is -2.60. The first kappa shape index (κ1) is 23.7. The van der Waals surface area contributed by atoms with Gasteiger partial charge in [0.05, 0.1) is 17.0 Å². The van der Waals surface area contributed by atoms with Crippen LogP contribution in [0.5, 0.6) is 0 Å². The molecule has 1 saturated carbocycles. The Hall–Kier alpha value is -2.40. The fourth-order valence-electron chi connectivity index (χ4n) is 9.85. The van der Waals surface area contributed by atoms with Gasteiger partial charge in [0.25, 0.3) is 5.91 Å². The molecule has 37 heavy (non-hydrogen) atoms. The number of benzene rings is 1. The Balaban J connectivity index is 1.54. The summed E-state index contributed by atoms with van der Waals surface area (Å²) in [6, 6.07) is 10.2. The molecule has 196 valence electrons. The highest BCUT2D eigenvalue weighted by atomic mass is 16.6. The van der Waals surface area contributed by atoms with Crippen LogP contribution >= 0.6 is 0 Å². The van der Waals surface area contributed by atoms with Gasteiger partial charge in [-0.05, 0) is 69.8 Å². The number of rotatable bonds is 7. The Bertz CT molecular complexity index is 1220. The van der Waals surface area contributed by atoms with Crippen molar-refractivity contribution in [2.75, 3.05) is 0 Å². The lowest BCUT2D eigenvalue weighted by Crippen LogP contribution is -2.69. The number of unbranched alkanes of at least 4 members (excludes halogenated alkanes) is 1. The van der Waals surface area contributed by atoms with E-state index in [1.165, 1.54) is 0 Å². The summed E-state index contributed by atoms with van der Waals surface area (Å²) in [5, 5.41) is 0. The van der Waals surface area contributed by atoms with E-state index >= 15 is 0 Å². The molecule has 3 saturated heterocycles. The van der Waals surface area contributed by atoms with Crippen molar-refractivity contribution in [2.45, 2.75) is 108 Å². The molecule has 4 fully saturated rings. The summed E-state index contributed by atoms with van der Waals surface area (Å²) in [5.74, 6) is 0.300. The predicted molar refractivity (Wildman–Crippen MR) is 140 cm³/mol. The molecule has 7 aliphatic rings. The van der Waals surface area contributed by atoms with Gasteiger partial charge in [0, 0.05) is 11.5 Å². The zero-order chi connectivity index (χ0) is 25.6. The summed E-state index contributed by atoms with van der Waals surface area (Å²) in [6.45, 7) is 6.59. The van der Waals surface area contributed by atoms with E-state index in [1.54, 1.807) is 0 Å². The standard InChI is InChI=1S/C32H39NO4/c1-4-6-18-31-29-19-16-23(20-26(29)27(34)33(31)21(3)22-13-8-7-9-14-22)24(12-5-2)32(29)30(37-31)17-11-10-15-25(30)28(35)36-32/h7-9,13-15,20-21,23-24H,4-6,10-12,16-19H2,1-3H3/t21-,23+,24+,29?,30+,31-,32+/m1/s1. The molecule has 5 nitrogen and oxygen atoms in total. The number of carbonyl (C=O) groups is 2. The summed E-state index contributed by atoms with van der Waals surface area (Å²) in [6.07, 6.45) is 13.7. The van der Waals surface area contributed by atoms with Crippen LogP contribution in [0.1, 0.15) is 96.6 Å². The van der Waals surface area contributed by atoms with Crippen LogP contribution < -0.4 is 0 Å². The maximum Gasteiger partial charge on any atom is 0.337 e. The number of carbonyl (C=O) groups excluding carboxylic acids is 2. The van der Waals surface area contributed by atoms with E-state index in [0.29, 0.717) is 0 Å². The van der Waals surface area contributed by atoms with Gasteiger partial charge in [-0.25, -0.2) is 4.79 Å². The summed E-state index contributed by atoms with van der Waals surface area (Å²) in [5.41, 5.74) is -0.296. The van der Waals surface area contributed by atoms with Crippen molar-refractivity contribution in [1.82, 2.24) is 4.90 Å². The first-order valence-electron chi connectivity index (χ1n) is 14.7. The zero-order valence-electron chi connectivity index (χ0n) is 22.4.